The van der Waals surface area contributed by atoms with E-state index in [0.717, 1.165) is 10.8 Å². The van der Waals surface area contributed by atoms with Crippen LogP contribution >= 0.6 is 0 Å². The minimum atomic E-state index is -0.370. The van der Waals surface area contributed by atoms with Gasteiger partial charge in [0.25, 0.3) is 0 Å². The first kappa shape index (κ1) is 12.6. The van der Waals surface area contributed by atoms with Crippen LogP contribution in [0.1, 0.15) is 5.69 Å². The molecule has 20 heavy (non-hydrogen) atoms. The summed E-state index contributed by atoms with van der Waals surface area (Å²) in [6.45, 7) is -0.176. The summed E-state index contributed by atoms with van der Waals surface area (Å²) in [6, 6.07) is 15.2. The van der Waals surface area contributed by atoms with Gasteiger partial charge in [0.15, 0.2) is 0 Å². The van der Waals surface area contributed by atoms with Gasteiger partial charge in [0, 0.05) is 11.5 Å². The molecular weight excluding hydrogens is 257 g/mol. The zero-order valence-corrected chi connectivity index (χ0v) is 10.6. The van der Waals surface area contributed by atoms with Crippen LogP contribution in [-0.2, 0) is 6.61 Å². The molecule has 0 atom stereocenters. The van der Waals surface area contributed by atoms with E-state index >= 15 is 0 Å². The van der Waals surface area contributed by atoms with Crippen molar-refractivity contribution in [1.29, 1.82) is 0 Å². The third-order valence-corrected chi connectivity index (χ3v) is 2.93. The Bertz CT molecular complexity index is 758. The summed E-state index contributed by atoms with van der Waals surface area (Å²) < 4.78 is 18.8. The molecule has 2 aromatic carbocycles. The van der Waals surface area contributed by atoms with Crippen LogP contribution in [-0.4, -0.2) is 10.1 Å². The van der Waals surface area contributed by atoms with E-state index in [-0.39, 0.29) is 12.4 Å². The third-order valence-electron chi connectivity index (χ3n) is 2.93. The predicted molar refractivity (Wildman–Crippen MR) is 74.1 cm³/mol. The lowest BCUT2D eigenvalue weighted by Gasteiger charge is -2.09. The Morgan fingerprint density at radius 3 is 2.70 bits per heavy atom. The van der Waals surface area contributed by atoms with Crippen molar-refractivity contribution in [3.8, 4) is 11.6 Å². The fourth-order valence-corrected chi connectivity index (χ4v) is 2.02. The Morgan fingerprint density at radius 2 is 1.90 bits per heavy atom. The molecule has 1 N–H and O–H groups in total. The number of rotatable bonds is 3. The molecular formula is C16H12FNO2. The van der Waals surface area contributed by atoms with Crippen molar-refractivity contribution >= 4 is 10.8 Å². The summed E-state index contributed by atoms with van der Waals surface area (Å²) >= 11 is 0. The minimum absolute atomic E-state index is 0.176. The van der Waals surface area contributed by atoms with Crippen molar-refractivity contribution in [3.05, 3.63) is 66.1 Å². The number of pyridine rings is 1. The quantitative estimate of drug-likeness (QED) is 0.789. The van der Waals surface area contributed by atoms with Crippen molar-refractivity contribution in [1.82, 2.24) is 4.98 Å². The monoisotopic (exact) mass is 269 g/mol. The van der Waals surface area contributed by atoms with Gasteiger partial charge in [0.2, 0.25) is 5.88 Å². The van der Waals surface area contributed by atoms with Crippen LogP contribution in [0.15, 0.2) is 54.6 Å². The number of fused-ring (bicyclic) bond motifs is 1. The molecule has 100 valence electrons. The largest absolute Gasteiger partial charge is 0.438 e. The van der Waals surface area contributed by atoms with Crippen molar-refractivity contribution in [2.75, 3.05) is 0 Å². The number of hydrogen-bond acceptors (Lipinski definition) is 3. The van der Waals surface area contributed by atoms with Crippen LogP contribution in [0.2, 0.25) is 0 Å². The smallest absolute Gasteiger partial charge is 0.227 e. The van der Waals surface area contributed by atoms with Gasteiger partial charge in [-0.1, -0.05) is 24.3 Å². The maximum Gasteiger partial charge on any atom is 0.227 e. The molecule has 0 spiro atoms. The highest BCUT2D eigenvalue weighted by Gasteiger charge is 2.08. The summed E-state index contributed by atoms with van der Waals surface area (Å²) in [4.78, 5) is 4.25. The van der Waals surface area contributed by atoms with E-state index in [9.17, 15) is 9.50 Å². The Labute approximate surface area is 115 Å². The van der Waals surface area contributed by atoms with Gasteiger partial charge < -0.3 is 9.84 Å². The molecule has 3 nitrogen and oxygen atoms in total. The molecule has 0 amide bonds. The first-order chi connectivity index (χ1) is 9.76. The summed E-state index contributed by atoms with van der Waals surface area (Å²) in [7, 11) is 0. The van der Waals surface area contributed by atoms with E-state index in [1.54, 1.807) is 18.2 Å². The first-order valence-electron chi connectivity index (χ1n) is 6.19. The van der Waals surface area contributed by atoms with Gasteiger partial charge in [0.05, 0.1) is 12.3 Å². The minimum Gasteiger partial charge on any atom is -0.438 e. The Kier molecular flexibility index (Phi) is 3.31. The Morgan fingerprint density at radius 1 is 1.05 bits per heavy atom. The molecule has 0 aliphatic carbocycles. The highest BCUT2D eigenvalue weighted by atomic mass is 19.1. The van der Waals surface area contributed by atoms with Crippen LogP contribution in [0.5, 0.6) is 11.6 Å². The summed E-state index contributed by atoms with van der Waals surface area (Å²) in [5, 5.41) is 11.0. The SMILES string of the molecule is OCc1cc2ccccc2c(Oc2cccc(F)c2)n1. The second-order valence-corrected chi connectivity index (χ2v) is 4.36. The standard InChI is InChI=1S/C16H12FNO2/c17-12-5-3-6-14(9-12)20-16-15-7-2-1-4-11(15)8-13(10-19)18-16/h1-9,19H,10H2. The lowest BCUT2D eigenvalue weighted by molar-refractivity contribution is 0.275. The number of aliphatic hydroxyl groups excluding tert-OH is 1. The number of benzene rings is 2. The number of aliphatic hydroxyl groups is 1. The van der Waals surface area contributed by atoms with Crippen molar-refractivity contribution in [2.24, 2.45) is 0 Å². The highest BCUT2D eigenvalue weighted by molar-refractivity contribution is 5.87. The molecule has 0 aliphatic heterocycles. The van der Waals surface area contributed by atoms with E-state index in [4.69, 9.17) is 4.74 Å². The molecule has 0 radical (unpaired) electrons. The average molecular weight is 269 g/mol. The van der Waals surface area contributed by atoms with Crippen LogP contribution in [0.3, 0.4) is 0 Å². The summed E-state index contributed by atoms with van der Waals surface area (Å²) in [6.07, 6.45) is 0. The molecule has 0 fully saturated rings. The lowest BCUT2D eigenvalue weighted by atomic mass is 10.1. The van der Waals surface area contributed by atoms with Crippen LogP contribution in [0, 0.1) is 5.82 Å². The molecule has 0 aliphatic rings. The molecule has 3 aromatic rings. The maximum atomic E-state index is 13.2. The molecule has 0 saturated heterocycles. The fourth-order valence-electron chi connectivity index (χ4n) is 2.02. The van der Waals surface area contributed by atoms with Gasteiger partial charge in [-0.25, -0.2) is 9.37 Å². The number of halogens is 1. The number of hydrogen-bond donors (Lipinski definition) is 1. The molecule has 1 aromatic heterocycles. The molecule has 4 heteroatoms. The fraction of sp³-hybridized carbons (Fsp3) is 0.0625. The van der Waals surface area contributed by atoms with E-state index in [1.807, 2.05) is 24.3 Å². The Hall–Kier alpha value is -2.46. The van der Waals surface area contributed by atoms with E-state index in [0.29, 0.717) is 17.3 Å². The summed E-state index contributed by atoms with van der Waals surface area (Å²) in [5.74, 6) is 0.362. The maximum absolute atomic E-state index is 13.2. The second-order valence-electron chi connectivity index (χ2n) is 4.36. The van der Waals surface area contributed by atoms with Crippen molar-refractivity contribution < 1.29 is 14.2 Å². The Balaban J connectivity index is 2.10. The molecule has 1 heterocycles. The van der Waals surface area contributed by atoms with Crippen molar-refractivity contribution in [3.63, 3.8) is 0 Å². The molecule has 3 rings (SSSR count). The molecule has 0 unspecified atom stereocenters. The van der Waals surface area contributed by atoms with Gasteiger partial charge >= 0.3 is 0 Å². The zero-order chi connectivity index (χ0) is 13.9. The van der Waals surface area contributed by atoms with Crippen LogP contribution in [0.25, 0.3) is 10.8 Å². The van der Waals surface area contributed by atoms with E-state index < -0.39 is 0 Å². The normalized spacial score (nSPS) is 10.7. The number of aromatic nitrogens is 1. The van der Waals surface area contributed by atoms with Gasteiger partial charge in [-0.3, -0.25) is 0 Å². The van der Waals surface area contributed by atoms with Gasteiger partial charge in [-0.05, 0) is 29.7 Å². The third kappa shape index (κ3) is 2.46. The topological polar surface area (TPSA) is 42.4 Å². The van der Waals surface area contributed by atoms with Gasteiger partial charge in [-0.15, -0.1) is 0 Å². The summed E-state index contributed by atoms with van der Waals surface area (Å²) in [5.41, 5.74) is 0.509. The predicted octanol–water partition coefficient (Wildman–Crippen LogP) is 3.66. The second kappa shape index (κ2) is 5.27. The average Bonchev–Trinajstić information content (AvgIpc) is 2.47. The van der Waals surface area contributed by atoms with Gasteiger partial charge in [0.1, 0.15) is 11.6 Å². The van der Waals surface area contributed by atoms with E-state index in [1.165, 1.54) is 12.1 Å². The zero-order valence-electron chi connectivity index (χ0n) is 10.6. The van der Waals surface area contributed by atoms with Gasteiger partial charge in [-0.2, -0.15) is 0 Å². The van der Waals surface area contributed by atoms with E-state index in [2.05, 4.69) is 4.98 Å². The number of nitrogens with zero attached hydrogens (tertiary/aromatic N) is 1. The van der Waals surface area contributed by atoms with Crippen molar-refractivity contribution in [2.45, 2.75) is 6.61 Å². The molecule has 0 bridgehead atoms. The lowest BCUT2D eigenvalue weighted by Crippen LogP contribution is -1.95. The highest BCUT2D eigenvalue weighted by Crippen LogP contribution is 2.29. The first-order valence-corrected chi connectivity index (χ1v) is 6.19. The molecule has 0 saturated carbocycles. The van der Waals surface area contributed by atoms with Crippen LogP contribution < -0.4 is 4.74 Å². The van der Waals surface area contributed by atoms with Crippen LogP contribution in [0.4, 0.5) is 4.39 Å². The number of ether oxygens (including phenoxy) is 1.